The van der Waals surface area contributed by atoms with Crippen LogP contribution in [0.2, 0.25) is 0 Å². The number of nitrogens with zero attached hydrogens (tertiary/aromatic N) is 6. The molecule has 0 aromatic carbocycles. The van der Waals surface area contributed by atoms with Gasteiger partial charge in [0, 0.05) is 31.5 Å². The van der Waals surface area contributed by atoms with Crippen molar-refractivity contribution in [2.45, 2.75) is 38.8 Å². The topological polar surface area (TPSA) is 126 Å². The molecule has 1 aliphatic rings. The number of nitrogens with one attached hydrogen (secondary N) is 1. The van der Waals surface area contributed by atoms with Gasteiger partial charge in [-0.15, -0.1) is 0 Å². The molecule has 0 spiro atoms. The van der Waals surface area contributed by atoms with Crippen LogP contribution in [-0.4, -0.2) is 67.7 Å². The first-order valence-electron chi connectivity index (χ1n) is 10.6. The van der Waals surface area contributed by atoms with Crippen molar-refractivity contribution < 1.29 is 22.3 Å². The van der Waals surface area contributed by atoms with Gasteiger partial charge in [0.05, 0.1) is 29.9 Å². The van der Waals surface area contributed by atoms with Crippen LogP contribution in [-0.2, 0) is 16.6 Å². The lowest BCUT2D eigenvalue weighted by atomic mass is 10.1. The van der Waals surface area contributed by atoms with Crippen LogP contribution in [0.4, 0.5) is 14.7 Å². The molecular weight excluding hydrogens is 468 g/mol. The number of aliphatic hydroxyl groups is 1. The summed E-state index contributed by atoms with van der Waals surface area (Å²) in [6.07, 6.45) is 4.28. The predicted molar refractivity (Wildman–Crippen MR) is 121 cm³/mol. The molecule has 0 unspecified atom stereocenters. The molecule has 3 aromatic heterocycles. The average molecular weight is 494 g/mol. The highest BCUT2D eigenvalue weighted by Crippen LogP contribution is 2.27. The molecule has 4 heterocycles. The zero-order valence-electron chi connectivity index (χ0n) is 18.7. The third kappa shape index (κ3) is 5.21. The molecule has 4 rings (SSSR count). The maximum atomic E-state index is 13.5. The first-order chi connectivity index (χ1) is 16.2. The third-order valence-corrected chi connectivity index (χ3v) is 6.96. The Balaban J connectivity index is 1.55. The number of hydrogen-bond donors (Lipinski definition) is 2. The van der Waals surface area contributed by atoms with E-state index < -0.39 is 28.7 Å². The van der Waals surface area contributed by atoms with Crippen LogP contribution in [0.3, 0.4) is 0 Å². The lowest BCUT2D eigenvalue weighted by Crippen LogP contribution is -2.42. The Morgan fingerprint density at radius 3 is 2.59 bits per heavy atom. The summed E-state index contributed by atoms with van der Waals surface area (Å²) in [5.74, 6) is 0.384. The predicted octanol–water partition coefficient (Wildman–Crippen LogP) is 2.30. The fraction of sp³-hybridized carbons (Fsp3) is 0.429. The maximum absolute atomic E-state index is 13.5. The van der Waals surface area contributed by atoms with Crippen molar-refractivity contribution in [2.24, 2.45) is 0 Å². The van der Waals surface area contributed by atoms with Gasteiger partial charge in [-0.05, 0) is 37.5 Å². The van der Waals surface area contributed by atoms with E-state index in [4.69, 9.17) is 0 Å². The van der Waals surface area contributed by atoms with Crippen LogP contribution in [0.25, 0.3) is 17.1 Å². The van der Waals surface area contributed by atoms with Crippen LogP contribution in [0, 0.1) is 6.92 Å². The summed E-state index contributed by atoms with van der Waals surface area (Å²) in [5, 5.41) is 12.5. The Labute approximate surface area is 195 Å². The first kappa shape index (κ1) is 24.1. The van der Waals surface area contributed by atoms with E-state index in [0.717, 1.165) is 5.56 Å². The lowest BCUT2D eigenvalue weighted by molar-refractivity contribution is 0.145. The molecule has 0 amide bonds. The van der Waals surface area contributed by atoms with Crippen molar-refractivity contribution in [2.75, 3.05) is 24.7 Å². The number of pyridine rings is 1. The van der Waals surface area contributed by atoms with E-state index in [9.17, 15) is 22.3 Å². The standard InChI is InChI=1S/C21H25F2N7O3S/c1-13-9-24-21(27-14-5-7-30(8-6-14)34(2,32)33)28-18(13)16-10-29(12-25-16)17-4-3-15(11-31)26-19(17)20(22)23/h3-4,9-10,12,14,20,31H,5-8,11H2,1-2H3,(H,24,27,28). The molecule has 2 N–H and O–H groups in total. The number of aryl methyl sites for hydroxylation is 1. The number of imidazole rings is 1. The Morgan fingerprint density at radius 1 is 1.21 bits per heavy atom. The average Bonchev–Trinajstić information content (AvgIpc) is 3.29. The number of halogens is 2. The number of hydrogen-bond acceptors (Lipinski definition) is 8. The SMILES string of the molecule is Cc1cnc(NC2CCN(S(C)(=O)=O)CC2)nc1-c1cn(-c2ccc(CO)nc2C(F)F)cn1. The van der Waals surface area contributed by atoms with Crippen LogP contribution < -0.4 is 5.32 Å². The summed E-state index contributed by atoms with van der Waals surface area (Å²) in [4.78, 5) is 17.1. The van der Waals surface area contributed by atoms with Crippen molar-refractivity contribution in [1.29, 1.82) is 0 Å². The highest BCUT2D eigenvalue weighted by molar-refractivity contribution is 7.88. The number of sulfonamides is 1. The molecule has 1 saturated heterocycles. The third-order valence-electron chi connectivity index (χ3n) is 5.66. The molecule has 1 aliphatic heterocycles. The van der Waals surface area contributed by atoms with E-state index in [1.54, 1.807) is 12.4 Å². The van der Waals surface area contributed by atoms with E-state index in [0.29, 0.717) is 43.3 Å². The largest absolute Gasteiger partial charge is 0.390 e. The smallest absolute Gasteiger partial charge is 0.282 e. The second-order valence-corrected chi connectivity index (χ2v) is 10.1. The van der Waals surface area contributed by atoms with Crippen molar-refractivity contribution >= 4 is 16.0 Å². The minimum absolute atomic E-state index is 0.0239. The quantitative estimate of drug-likeness (QED) is 0.514. The molecule has 13 heteroatoms. The van der Waals surface area contributed by atoms with Crippen LogP contribution in [0.1, 0.15) is 36.2 Å². The first-order valence-corrected chi connectivity index (χ1v) is 12.5. The molecule has 0 bridgehead atoms. The van der Waals surface area contributed by atoms with Gasteiger partial charge in [-0.1, -0.05) is 0 Å². The summed E-state index contributed by atoms with van der Waals surface area (Å²) in [6, 6.07) is 2.97. The lowest BCUT2D eigenvalue weighted by Gasteiger charge is -2.30. The molecule has 1 fully saturated rings. The maximum Gasteiger partial charge on any atom is 0.282 e. The minimum atomic E-state index is -3.20. The minimum Gasteiger partial charge on any atom is -0.390 e. The fourth-order valence-corrected chi connectivity index (χ4v) is 4.71. The van der Waals surface area contributed by atoms with Crippen molar-refractivity contribution in [3.63, 3.8) is 0 Å². The van der Waals surface area contributed by atoms with Gasteiger partial charge in [0.15, 0.2) is 0 Å². The molecule has 0 atom stereocenters. The van der Waals surface area contributed by atoms with Gasteiger partial charge >= 0.3 is 0 Å². The second-order valence-electron chi connectivity index (χ2n) is 8.14. The van der Waals surface area contributed by atoms with Gasteiger partial charge in [-0.25, -0.2) is 41.4 Å². The number of aromatic nitrogens is 5. The number of piperidine rings is 1. The Kier molecular flexibility index (Phi) is 6.86. The zero-order valence-corrected chi connectivity index (χ0v) is 19.5. The van der Waals surface area contributed by atoms with Gasteiger partial charge in [0.2, 0.25) is 16.0 Å². The van der Waals surface area contributed by atoms with Crippen LogP contribution >= 0.6 is 0 Å². The van der Waals surface area contributed by atoms with Crippen LogP contribution in [0.15, 0.2) is 30.9 Å². The second kappa shape index (κ2) is 9.68. The van der Waals surface area contributed by atoms with Gasteiger partial charge in [-0.2, -0.15) is 0 Å². The molecule has 3 aromatic rings. The Morgan fingerprint density at radius 2 is 1.94 bits per heavy atom. The monoisotopic (exact) mass is 493 g/mol. The van der Waals surface area contributed by atoms with Crippen molar-refractivity contribution in [3.8, 4) is 17.1 Å². The molecular formula is C21H25F2N7O3S. The molecule has 182 valence electrons. The van der Waals surface area contributed by atoms with Crippen LogP contribution in [0.5, 0.6) is 0 Å². The fourth-order valence-electron chi connectivity index (χ4n) is 3.84. The van der Waals surface area contributed by atoms with E-state index in [1.165, 1.54) is 33.6 Å². The Hall–Kier alpha value is -3.03. The highest BCUT2D eigenvalue weighted by atomic mass is 32.2. The van der Waals surface area contributed by atoms with Gasteiger partial charge in [0.1, 0.15) is 17.7 Å². The molecule has 0 aliphatic carbocycles. The highest BCUT2D eigenvalue weighted by Gasteiger charge is 2.25. The normalized spacial score (nSPS) is 15.7. The van der Waals surface area contributed by atoms with E-state index in [-0.39, 0.29) is 17.4 Å². The van der Waals surface area contributed by atoms with Gasteiger partial charge < -0.3 is 15.0 Å². The summed E-state index contributed by atoms with van der Waals surface area (Å²) in [6.45, 7) is 2.24. The summed E-state index contributed by atoms with van der Waals surface area (Å²) < 4.78 is 53.4. The van der Waals surface area contributed by atoms with E-state index >= 15 is 0 Å². The number of rotatable bonds is 7. The van der Waals surface area contributed by atoms with Gasteiger partial charge in [0.25, 0.3) is 6.43 Å². The van der Waals surface area contributed by atoms with E-state index in [2.05, 4.69) is 25.3 Å². The number of aliphatic hydroxyl groups excluding tert-OH is 1. The summed E-state index contributed by atoms with van der Waals surface area (Å²) in [7, 11) is -3.20. The number of anilines is 1. The molecule has 10 nitrogen and oxygen atoms in total. The molecule has 34 heavy (non-hydrogen) atoms. The van der Waals surface area contributed by atoms with Crippen molar-refractivity contribution in [3.05, 3.63) is 47.8 Å². The van der Waals surface area contributed by atoms with Gasteiger partial charge in [-0.3, -0.25) is 0 Å². The summed E-state index contributed by atoms with van der Waals surface area (Å²) in [5.41, 5.74) is 1.64. The Bertz CT molecular complexity index is 1280. The molecule has 0 radical (unpaired) electrons. The summed E-state index contributed by atoms with van der Waals surface area (Å²) >= 11 is 0. The van der Waals surface area contributed by atoms with E-state index in [1.807, 2.05) is 6.92 Å². The van der Waals surface area contributed by atoms with Crippen molar-refractivity contribution in [1.82, 2.24) is 28.8 Å². The zero-order chi connectivity index (χ0) is 24.5. The molecule has 0 saturated carbocycles. The number of alkyl halides is 2.